The Kier molecular flexibility index (Phi) is 2.14. The topological polar surface area (TPSA) is 58.9 Å². The van der Waals surface area contributed by atoms with Crippen molar-refractivity contribution in [1.82, 2.24) is 4.98 Å². The van der Waals surface area contributed by atoms with Crippen LogP contribution >= 0.6 is 0 Å². The third-order valence-corrected chi connectivity index (χ3v) is 5.54. The van der Waals surface area contributed by atoms with Gasteiger partial charge in [0, 0.05) is 17.4 Å². The second-order valence-corrected chi connectivity index (χ2v) is 6.67. The minimum atomic E-state index is 0.0849. The van der Waals surface area contributed by atoms with E-state index in [1.54, 1.807) is 6.20 Å². The molecule has 4 saturated carbocycles. The quantitative estimate of drug-likeness (QED) is 0.797. The van der Waals surface area contributed by atoms with Crippen LogP contribution in [0.3, 0.4) is 0 Å². The van der Waals surface area contributed by atoms with Crippen LogP contribution in [0.2, 0.25) is 0 Å². The zero-order chi connectivity index (χ0) is 12.3. The fourth-order valence-electron chi connectivity index (χ4n) is 5.20. The molecule has 0 radical (unpaired) electrons. The average molecular weight is 244 g/mol. The molecule has 0 amide bonds. The molecule has 4 bridgehead atoms. The largest absolute Gasteiger partial charge is 0.398 e. The maximum atomic E-state index is 12.1. The van der Waals surface area contributed by atoms with Crippen molar-refractivity contribution in [3.8, 4) is 0 Å². The lowest BCUT2D eigenvalue weighted by Gasteiger charge is -2.54. The Morgan fingerprint density at radius 2 is 1.67 bits per heavy atom. The van der Waals surface area contributed by atoms with Crippen LogP contribution in [0, 0.1) is 23.7 Å². The van der Waals surface area contributed by atoms with Gasteiger partial charge in [-0.2, -0.15) is 0 Å². The maximum Gasteiger partial charge on any atom is 0.251 e. The van der Waals surface area contributed by atoms with Crippen LogP contribution in [-0.2, 0) is 0 Å². The fourth-order valence-corrected chi connectivity index (χ4v) is 5.20. The molecule has 5 rings (SSSR count). The summed E-state index contributed by atoms with van der Waals surface area (Å²) in [5.74, 6) is 3.85. The number of nitrogen functional groups attached to an aromatic ring is 1. The lowest BCUT2D eigenvalue weighted by molar-refractivity contribution is -0.00320. The summed E-state index contributed by atoms with van der Waals surface area (Å²) in [6.07, 6.45) is 8.42. The molecule has 3 nitrogen and oxygen atoms in total. The Morgan fingerprint density at radius 3 is 2.28 bits per heavy atom. The molecule has 4 aliphatic rings. The molecule has 4 aliphatic carbocycles. The fraction of sp³-hybridized carbons (Fsp3) is 0.667. The van der Waals surface area contributed by atoms with E-state index in [0.717, 1.165) is 29.2 Å². The zero-order valence-corrected chi connectivity index (χ0v) is 10.6. The van der Waals surface area contributed by atoms with Gasteiger partial charge in [0.2, 0.25) is 0 Å². The highest BCUT2D eigenvalue weighted by Crippen LogP contribution is 2.59. The summed E-state index contributed by atoms with van der Waals surface area (Å²) in [7, 11) is 0. The first-order valence-electron chi connectivity index (χ1n) is 7.19. The SMILES string of the molecule is Nc1c[nH]c(=O)c(C2C3CC4CC(C3)CC2C4)c1. The molecule has 3 heteroatoms. The van der Waals surface area contributed by atoms with Gasteiger partial charge < -0.3 is 10.7 Å². The minimum Gasteiger partial charge on any atom is -0.398 e. The van der Waals surface area contributed by atoms with Crippen LogP contribution in [0.25, 0.3) is 0 Å². The van der Waals surface area contributed by atoms with E-state index in [2.05, 4.69) is 4.98 Å². The summed E-state index contributed by atoms with van der Waals surface area (Å²) >= 11 is 0. The lowest BCUT2D eigenvalue weighted by Crippen LogP contribution is -2.45. The maximum absolute atomic E-state index is 12.1. The van der Waals surface area contributed by atoms with Crippen molar-refractivity contribution < 1.29 is 0 Å². The number of anilines is 1. The Hall–Kier alpha value is -1.25. The molecule has 0 saturated heterocycles. The first kappa shape index (κ1) is 10.7. The molecule has 3 N–H and O–H groups in total. The number of pyridine rings is 1. The van der Waals surface area contributed by atoms with E-state index >= 15 is 0 Å². The van der Waals surface area contributed by atoms with Crippen molar-refractivity contribution in [1.29, 1.82) is 0 Å². The van der Waals surface area contributed by atoms with Gasteiger partial charge in [-0.3, -0.25) is 4.79 Å². The van der Waals surface area contributed by atoms with E-state index in [4.69, 9.17) is 5.73 Å². The Labute approximate surface area is 107 Å². The summed E-state index contributed by atoms with van der Waals surface area (Å²) < 4.78 is 0. The molecular weight excluding hydrogens is 224 g/mol. The minimum absolute atomic E-state index is 0.0849. The van der Waals surface area contributed by atoms with E-state index in [-0.39, 0.29) is 5.56 Å². The molecule has 1 aromatic heterocycles. The molecule has 1 heterocycles. The lowest BCUT2D eigenvalue weighted by atomic mass is 9.51. The molecule has 0 atom stereocenters. The van der Waals surface area contributed by atoms with Gasteiger partial charge >= 0.3 is 0 Å². The summed E-state index contributed by atoms with van der Waals surface area (Å²) in [5, 5.41) is 0. The second-order valence-electron chi connectivity index (χ2n) is 6.67. The molecule has 0 spiro atoms. The molecule has 0 unspecified atom stereocenters. The predicted molar refractivity (Wildman–Crippen MR) is 71.3 cm³/mol. The number of hydrogen-bond acceptors (Lipinski definition) is 2. The summed E-state index contributed by atoms with van der Waals surface area (Å²) in [4.78, 5) is 14.9. The Balaban J connectivity index is 1.76. The highest BCUT2D eigenvalue weighted by Gasteiger charge is 2.49. The van der Waals surface area contributed by atoms with Gasteiger partial charge in [-0.15, -0.1) is 0 Å². The monoisotopic (exact) mass is 244 g/mol. The van der Waals surface area contributed by atoms with Crippen molar-refractivity contribution in [3.05, 3.63) is 28.2 Å². The molecule has 4 fully saturated rings. The molecule has 0 aromatic carbocycles. The van der Waals surface area contributed by atoms with Gasteiger partial charge in [-0.1, -0.05) is 0 Å². The van der Waals surface area contributed by atoms with Crippen LogP contribution < -0.4 is 11.3 Å². The van der Waals surface area contributed by atoms with Crippen LogP contribution in [-0.4, -0.2) is 4.98 Å². The van der Waals surface area contributed by atoms with E-state index in [1.807, 2.05) is 6.07 Å². The number of nitrogens with two attached hydrogens (primary N) is 1. The van der Waals surface area contributed by atoms with Crippen LogP contribution in [0.5, 0.6) is 0 Å². The van der Waals surface area contributed by atoms with Crippen molar-refractivity contribution in [2.75, 3.05) is 5.73 Å². The summed E-state index contributed by atoms with van der Waals surface area (Å²) in [6.45, 7) is 0. The number of aromatic nitrogens is 1. The van der Waals surface area contributed by atoms with Gasteiger partial charge in [-0.05, 0) is 67.8 Å². The molecule has 18 heavy (non-hydrogen) atoms. The Morgan fingerprint density at radius 1 is 1.06 bits per heavy atom. The van der Waals surface area contributed by atoms with E-state index < -0.39 is 0 Å². The van der Waals surface area contributed by atoms with Gasteiger partial charge in [0.25, 0.3) is 5.56 Å². The van der Waals surface area contributed by atoms with E-state index in [1.165, 1.54) is 32.1 Å². The average Bonchev–Trinajstić information content (AvgIpc) is 2.32. The summed E-state index contributed by atoms with van der Waals surface area (Å²) in [5.41, 5.74) is 7.59. The van der Waals surface area contributed by atoms with E-state index in [9.17, 15) is 4.79 Å². The molecule has 96 valence electrons. The Bertz CT molecular complexity index is 506. The van der Waals surface area contributed by atoms with Gasteiger partial charge in [0.1, 0.15) is 0 Å². The van der Waals surface area contributed by atoms with Crippen molar-refractivity contribution in [3.63, 3.8) is 0 Å². The van der Waals surface area contributed by atoms with Gasteiger partial charge in [0.05, 0.1) is 0 Å². The number of rotatable bonds is 1. The van der Waals surface area contributed by atoms with Gasteiger partial charge in [-0.25, -0.2) is 0 Å². The number of H-pyrrole nitrogens is 1. The first-order valence-corrected chi connectivity index (χ1v) is 7.19. The highest BCUT2D eigenvalue weighted by molar-refractivity contribution is 5.39. The van der Waals surface area contributed by atoms with Crippen molar-refractivity contribution >= 4 is 5.69 Å². The van der Waals surface area contributed by atoms with Gasteiger partial charge in [0.15, 0.2) is 0 Å². The van der Waals surface area contributed by atoms with Crippen molar-refractivity contribution in [2.45, 2.75) is 38.0 Å². The molecular formula is C15H20N2O. The molecule has 1 aromatic rings. The van der Waals surface area contributed by atoms with Crippen LogP contribution in [0.4, 0.5) is 5.69 Å². The third-order valence-electron chi connectivity index (χ3n) is 5.54. The number of hydrogen-bond donors (Lipinski definition) is 2. The smallest absolute Gasteiger partial charge is 0.251 e. The standard InChI is InChI=1S/C15H20N2O/c16-12-6-13(15(18)17-7-12)14-10-2-8-1-9(4-10)5-11(14)3-8/h6-11,14H,1-5,16H2,(H,17,18). The number of aromatic amines is 1. The van der Waals surface area contributed by atoms with Crippen LogP contribution in [0.1, 0.15) is 43.6 Å². The second kappa shape index (κ2) is 3.62. The van der Waals surface area contributed by atoms with Crippen molar-refractivity contribution in [2.24, 2.45) is 23.7 Å². The first-order chi connectivity index (χ1) is 8.70. The predicted octanol–water partition coefficient (Wildman–Crippen LogP) is 2.50. The highest BCUT2D eigenvalue weighted by atomic mass is 16.1. The normalized spacial score (nSPS) is 41.2. The van der Waals surface area contributed by atoms with Crippen LogP contribution in [0.15, 0.2) is 17.1 Å². The zero-order valence-electron chi connectivity index (χ0n) is 10.6. The third kappa shape index (κ3) is 1.46. The summed E-state index contributed by atoms with van der Waals surface area (Å²) in [6, 6.07) is 1.92. The number of nitrogens with one attached hydrogen (secondary N) is 1. The molecule has 0 aliphatic heterocycles. The van der Waals surface area contributed by atoms with E-state index in [0.29, 0.717) is 11.6 Å².